The van der Waals surface area contributed by atoms with Gasteiger partial charge in [0.05, 0.1) is 13.2 Å². The van der Waals surface area contributed by atoms with Crippen LogP contribution in [0.1, 0.15) is 20.9 Å². The average molecular weight is 394 g/mol. The number of para-hydroxylation sites is 1. The van der Waals surface area contributed by atoms with Crippen molar-refractivity contribution in [1.29, 1.82) is 0 Å². The van der Waals surface area contributed by atoms with Crippen LogP contribution in [0.4, 0.5) is 5.69 Å². The summed E-state index contributed by atoms with van der Waals surface area (Å²) in [5, 5.41) is 3.52. The van der Waals surface area contributed by atoms with Crippen molar-refractivity contribution in [3.05, 3.63) is 53.8 Å². The van der Waals surface area contributed by atoms with E-state index >= 15 is 0 Å². The van der Waals surface area contributed by atoms with Gasteiger partial charge in [0.1, 0.15) is 11.3 Å². The predicted molar refractivity (Wildman–Crippen MR) is 103 cm³/mol. The van der Waals surface area contributed by atoms with Gasteiger partial charge in [-0.05, 0) is 30.3 Å². The quantitative estimate of drug-likeness (QED) is 0.735. The van der Waals surface area contributed by atoms with Crippen molar-refractivity contribution in [2.75, 3.05) is 38.4 Å². The van der Waals surface area contributed by atoms with Crippen LogP contribution >= 0.6 is 0 Å². The predicted octanol–water partition coefficient (Wildman–Crippen LogP) is 2.89. The van der Waals surface area contributed by atoms with Gasteiger partial charge in [-0.2, -0.15) is 0 Å². The Labute approximate surface area is 165 Å². The summed E-state index contributed by atoms with van der Waals surface area (Å²) in [7, 11) is 0. The molecule has 0 bridgehead atoms. The maximum Gasteiger partial charge on any atom is 0.291 e. The number of carbonyl (C=O) groups excluding carboxylic acids is 2. The van der Waals surface area contributed by atoms with Gasteiger partial charge in [-0.25, -0.2) is 0 Å². The van der Waals surface area contributed by atoms with E-state index < -0.39 is 0 Å². The molecule has 0 unspecified atom stereocenters. The molecule has 1 saturated heterocycles. The number of rotatable bonds is 3. The van der Waals surface area contributed by atoms with Crippen LogP contribution in [0.3, 0.4) is 0 Å². The van der Waals surface area contributed by atoms with Crippen LogP contribution in [0, 0.1) is 0 Å². The monoisotopic (exact) mass is 394 g/mol. The number of fused-ring (bicyclic) bond motifs is 2. The van der Waals surface area contributed by atoms with Crippen molar-refractivity contribution >= 4 is 28.5 Å². The summed E-state index contributed by atoms with van der Waals surface area (Å²) in [6.45, 7) is 2.04. The van der Waals surface area contributed by atoms with E-state index in [1.54, 1.807) is 29.2 Å². The molecule has 2 amide bonds. The van der Waals surface area contributed by atoms with Crippen molar-refractivity contribution < 1.29 is 28.2 Å². The van der Waals surface area contributed by atoms with E-state index in [0.29, 0.717) is 60.0 Å². The molecule has 0 aliphatic carbocycles. The highest BCUT2D eigenvalue weighted by Gasteiger charge is 2.28. The maximum absolute atomic E-state index is 13.1. The molecule has 5 rings (SSSR count). The van der Waals surface area contributed by atoms with Gasteiger partial charge in [-0.3, -0.25) is 9.59 Å². The number of furan rings is 1. The molecule has 0 atom stereocenters. The first-order chi connectivity index (χ1) is 14.2. The number of hydrogen-bond donors (Lipinski definition) is 1. The van der Waals surface area contributed by atoms with Crippen molar-refractivity contribution in [1.82, 2.24) is 4.90 Å². The Kier molecular flexibility index (Phi) is 4.33. The molecule has 2 aromatic carbocycles. The summed E-state index contributed by atoms with van der Waals surface area (Å²) in [4.78, 5) is 27.6. The van der Waals surface area contributed by atoms with Gasteiger partial charge in [0.15, 0.2) is 11.5 Å². The van der Waals surface area contributed by atoms with Crippen LogP contribution in [0.2, 0.25) is 0 Å². The molecule has 1 aromatic heterocycles. The van der Waals surface area contributed by atoms with E-state index in [1.165, 1.54) is 0 Å². The second kappa shape index (κ2) is 7.14. The molecule has 0 spiro atoms. The van der Waals surface area contributed by atoms with Crippen LogP contribution in [0.5, 0.6) is 11.5 Å². The van der Waals surface area contributed by atoms with Gasteiger partial charge in [0.2, 0.25) is 12.6 Å². The highest BCUT2D eigenvalue weighted by atomic mass is 16.7. The Balaban J connectivity index is 1.50. The largest absolute Gasteiger partial charge is 0.454 e. The summed E-state index contributed by atoms with van der Waals surface area (Å²) in [6.07, 6.45) is 0. The number of carbonyl (C=O) groups is 2. The maximum atomic E-state index is 13.1. The smallest absolute Gasteiger partial charge is 0.291 e. The van der Waals surface area contributed by atoms with Crippen molar-refractivity contribution in [2.24, 2.45) is 0 Å². The molecule has 3 heterocycles. The number of nitrogens with zero attached hydrogens (tertiary/aromatic N) is 1. The third-order valence-corrected chi connectivity index (χ3v) is 4.96. The summed E-state index contributed by atoms with van der Waals surface area (Å²) in [5.41, 5.74) is 1.29. The molecule has 1 fully saturated rings. The van der Waals surface area contributed by atoms with E-state index in [2.05, 4.69) is 5.32 Å². The second-order valence-electron chi connectivity index (χ2n) is 6.73. The Morgan fingerprint density at radius 2 is 1.76 bits per heavy atom. The SMILES string of the molecule is O=C(Nc1c(C(=O)N2CCOCC2)oc2ccccc12)c1ccc2c(c1)OCO2. The molecule has 29 heavy (non-hydrogen) atoms. The van der Waals surface area contributed by atoms with Crippen molar-refractivity contribution in [3.63, 3.8) is 0 Å². The minimum absolute atomic E-state index is 0.113. The first kappa shape index (κ1) is 17.6. The first-order valence-corrected chi connectivity index (χ1v) is 9.30. The molecule has 8 heteroatoms. The van der Waals surface area contributed by atoms with Gasteiger partial charge < -0.3 is 28.8 Å². The third-order valence-electron chi connectivity index (χ3n) is 4.96. The summed E-state index contributed by atoms with van der Waals surface area (Å²) in [6, 6.07) is 12.2. The normalized spacial score (nSPS) is 15.5. The standard InChI is InChI=1S/C21H18N2O6/c24-20(13-5-6-16-17(11-13)28-12-27-16)22-18-14-3-1-2-4-15(14)29-19(18)21(25)23-7-9-26-10-8-23/h1-6,11H,7-10,12H2,(H,22,24). The molecule has 3 aromatic rings. The molecular formula is C21H18N2O6. The number of benzene rings is 2. The van der Waals surface area contributed by atoms with Gasteiger partial charge in [0.25, 0.3) is 11.8 Å². The summed E-state index contributed by atoms with van der Waals surface area (Å²) in [5.74, 6) is 0.580. The lowest BCUT2D eigenvalue weighted by Gasteiger charge is -2.26. The Morgan fingerprint density at radius 3 is 2.62 bits per heavy atom. The highest BCUT2D eigenvalue weighted by Crippen LogP contribution is 2.35. The Hall–Kier alpha value is -3.52. The molecular weight excluding hydrogens is 376 g/mol. The molecule has 148 valence electrons. The van der Waals surface area contributed by atoms with E-state index in [0.717, 1.165) is 0 Å². The average Bonchev–Trinajstić information content (AvgIpc) is 3.38. The Bertz CT molecular complexity index is 1100. The number of hydrogen-bond acceptors (Lipinski definition) is 6. The van der Waals surface area contributed by atoms with Gasteiger partial charge in [-0.15, -0.1) is 0 Å². The zero-order valence-corrected chi connectivity index (χ0v) is 15.5. The lowest BCUT2D eigenvalue weighted by Crippen LogP contribution is -2.40. The molecule has 0 saturated carbocycles. The van der Waals surface area contributed by atoms with Crippen molar-refractivity contribution in [2.45, 2.75) is 0 Å². The lowest BCUT2D eigenvalue weighted by atomic mass is 10.1. The third kappa shape index (κ3) is 3.17. The summed E-state index contributed by atoms with van der Waals surface area (Å²) >= 11 is 0. The van der Waals surface area contributed by atoms with Crippen LogP contribution < -0.4 is 14.8 Å². The lowest BCUT2D eigenvalue weighted by molar-refractivity contribution is 0.0285. The number of anilines is 1. The van der Waals surface area contributed by atoms with Crippen molar-refractivity contribution in [3.8, 4) is 11.5 Å². The topological polar surface area (TPSA) is 90.2 Å². The molecule has 2 aliphatic rings. The molecule has 1 N–H and O–H groups in total. The number of morpholine rings is 1. The fraction of sp³-hybridized carbons (Fsp3) is 0.238. The van der Waals surface area contributed by atoms with Crippen LogP contribution in [0.15, 0.2) is 46.9 Å². The van der Waals surface area contributed by atoms with E-state index in [4.69, 9.17) is 18.6 Å². The zero-order chi connectivity index (χ0) is 19.8. The number of ether oxygens (including phenoxy) is 3. The number of amides is 2. The Morgan fingerprint density at radius 1 is 0.966 bits per heavy atom. The van der Waals surface area contributed by atoms with Crippen LogP contribution in [-0.2, 0) is 4.74 Å². The van der Waals surface area contributed by atoms with Gasteiger partial charge in [0, 0.05) is 24.0 Å². The van der Waals surface area contributed by atoms with E-state index in [1.807, 2.05) is 18.2 Å². The summed E-state index contributed by atoms with van der Waals surface area (Å²) < 4.78 is 21.8. The molecule has 8 nitrogen and oxygen atoms in total. The number of nitrogens with one attached hydrogen (secondary N) is 1. The van der Waals surface area contributed by atoms with Crippen LogP contribution in [0.25, 0.3) is 11.0 Å². The second-order valence-corrected chi connectivity index (χ2v) is 6.73. The molecule has 2 aliphatic heterocycles. The highest BCUT2D eigenvalue weighted by molar-refractivity contribution is 6.14. The fourth-order valence-electron chi connectivity index (χ4n) is 3.45. The molecule has 0 radical (unpaired) electrons. The minimum Gasteiger partial charge on any atom is -0.454 e. The minimum atomic E-state index is -0.370. The van der Waals surface area contributed by atoms with E-state index in [-0.39, 0.29) is 24.4 Å². The zero-order valence-electron chi connectivity index (χ0n) is 15.5. The first-order valence-electron chi connectivity index (χ1n) is 9.30. The fourth-order valence-corrected chi connectivity index (χ4v) is 3.45. The van der Waals surface area contributed by atoms with Gasteiger partial charge in [-0.1, -0.05) is 12.1 Å². The van der Waals surface area contributed by atoms with Crippen LogP contribution in [-0.4, -0.2) is 49.8 Å². The van der Waals surface area contributed by atoms with E-state index in [9.17, 15) is 9.59 Å². The van der Waals surface area contributed by atoms with Gasteiger partial charge >= 0.3 is 0 Å².